The Labute approximate surface area is 184 Å². The summed E-state index contributed by atoms with van der Waals surface area (Å²) in [6.45, 7) is 0.455. The molecule has 0 saturated heterocycles. The standard InChI is InChI=1S/C23H22ClN5O2/c1-27(13-12-16-8-10-18(24)11-9-16)22(30)29-19-15-25-20(14-17-6-4-3-5-7-17)26-21(19)28(2)23(29)31/h3-11,15H,12-14H2,1-2H3. The number of carbonyl (C=O) groups is 1. The topological polar surface area (TPSA) is 73.0 Å². The summed E-state index contributed by atoms with van der Waals surface area (Å²) >= 11 is 5.92. The maximum atomic E-state index is 13.0. The van der Waals surface area contributed by atoms with Gasteiger partial charge in [-0.1, -0.05) is 54.1 Å². The van der Waals surface area contributed by atoms with E-state index in [1.165, 1.54) is 9.47 Å². The Bertz CT molecular complexity index is 1280. The van der Waals surface area contributed by atoms with Gasteiger partial charge in [0.1, 0.15) is 11.3 Å². The molecule has 2 aromatic heterocycles. The fourth-order valence-electron chi connectivity index (χ4n) is 3.41. The number of hydrogen-bond acceptors (Lipinski definition) is 4. The number of carbonyl (C=O) groups excluding carboxylic acids is 1. The highest BCUT2D eigenvalue weighted by molar-refractivity contribution is 6.30. The number of imidazole rings is 1. The zero-order valence-electron chi connectivity index (χ0n) is 17.3. The molecule has 8 heteroatoms. The number of hydrogen-bond donors (Lipinski definition) is 0. The Balaban J connectivity index is 1.57. The summed E-state index contributed by atoms with van der Waals surface area (Å²) in [6, 6.07) is 16.9. The van der Waals surface area contributed by atoms with Crippen molar-refractivity contribution in [3.63, 3.8) is 0 Å². The van der Waals surface area contributed by atoms with Crippen molar-refractivity contribution in [3.05, 3.63) is 93.3 Å². The third-order valence-corrected chi connectivity index (χ3v) is 5.46. The molecule has 4 rings (SSSR count). The number of benzene rings is 2. The highest BCUT2D eigenvalue weighted by atomic mass is 35.5. The molecule has 0 bridgehead atoms. The summed E-state index contributed by atoms with van der Waals surface area (Å²) in [5, 5.41) is 0.669. The van der Waals surface area contributed by atoms with Crippen LogP contribution in [0.5, 0.6) is 0 Å². The maximum Gasteiger partial charge on any atom is 0.338 e. The number of likely N-dealkylation sites (N-methyl/N-ethyl adjacent to an activating group) is 1. The van der Waals surface area contributed by atoms with E-state index in [2.05, 4.69) is 9.97 Å². The van der Waals surface area contributed by atoms with Crippen molar-refractivity contribution in [3.8, 4) is 0 Å². The number of aromatic nitrogens is 4. The van der Waals surface area contributed by atoms with Crippen LogP contribution >= 0.6 is 11.6 Å². The molecule has 0 aliphatic heterocycles. The first-order valence-corrected chi connectivity index (χ1v) is 10.3. The molecule has 0 aliphatic carbocycles. The van der Waals surface area contributed by atoms with Crippen LogP contribution in [0.3, 0.4) is 0 Å². The molecule has 0 aliphatic rings. The highest BCUT2D eigenvalue weighted by Crippen LogP contribution is 2.14. The van der Waals surface area contributed by atoms with Crippen LogP contribution in [0.25, 0.3) is 11.2 Å². The zero-order chi connectivity index (χ0) is 22.0. The molecule has 2 heterocycles. The Hall–Kier alpha value is -3.45. The van der Waals surface area contributed by atoms with E-state index in [0.717, 1.165) is 15.7 Å². The van der Waals surface area contributed by atoms with Crippen LogP contribution in [-0.4, -0.2) is 43.6 Å². The third-order valence-electron chi connectivity index (χ3n) is 5.21. The SMILES string of the molecule is CN(CCc1ccc(Cl)cc1)C(=O)n1c(=O)n(C)c2nc(Cc3ccccc3)ncc21. The summed E-state index contributed by atoms with van der Waals surface area (Å²) in [6.07, 6.45) is 2.74. The molecule has 0 radical (unpaired) electrons. The lowest BCUT2D eigenvalue weighted by Crippen LogP contribution is -2.38. The number of nitrogens with zero attached hydrogens (tertiary/aromatic N) is 5. The molecule has 0 N–H and O–H groups in total. The summed E-state index contributed by atoms with van der Waals surface area (Å²) < 4.78 is 2.51. The largest absolute Gasteiger partial charge is 0.338 e. The normalized spacial score (nSPS) is 11.1. The van der Waals surface area contributed by atoms with Crippen LogP contribution in [0.4, 0.5) is 4.79 Å². The predicted octanol–water partition coefficient (Wildman–Crippen LogP) is 3.52. The number of rotatable bonds is 5. The van der Waals surface area contributed by atoms with Gasteiger partial charge in [-0.2, -0.15) is 0 Å². The van der Waals surface area contributed by atoms with E-state index in [0.29, 0.717) is 41.4 Å². The molecule has 0 atom stereocenters. The number of halogens is 1. The zero-order valence-corrected chi connectivity index (χ0v) is 18.1. The van der Waals surface area contributed by atoms with Gasteiger partial charge in [-0.25, -0.2) is 24.1 Å². The number of amides is 1. The van der Waals surface area contributed by atoms with Crippen molar-refractivity contribution in [1.29, 1.82) is 0 Å². The minimum absolute atomic E-state index is 0.396. The van der Waals surface area contributed by atoms with Crippen molar-refractivity contribution >= 4 is 28.8 Å². The lowest BCUT2D eigenvalue weighted by molar-refractivity contribution is 0.211. The second kappa shape index (κ2) is 8.73. The number of fused-ring (bicyclic) bond motifs is 1. The first-order chi connectivity index (χ1) is 14.9. The molecule has 2 aromatic carbocycles. The van der Waals surface area contributed by atoms with E-state index in [1.807, 2.05) is 54.6 Å². The molecule has 0 spiro atoms. The van der Waals surface area contributed by atoms with E-state index >= 15 is 0 Å². The second-order valence-electron chi connectivity index (χ2n) is 7.42. The summed E-state index contributed by atoms with van der Waals surface area (Å²) in [5.41, 5.74) is 2.52. The molecule has 1 amide bonds. The Morgan fingerprint density at radius 1 is 1.06 bits per heavy atom. The first-order valence-electron chi connectivity index (χ1n) is 9.91. The van der Waals surface area contributed by atoms with Crippen LogP contribution in [0.2, 0.25) is 5.02 Å². The Kier molecular flexibility index (Phi) is 5.86. The van der Waals surface area contributed by atoms with Crippen LogP contribution < -0.4 is 5.69 Å². The van der Waals surface area contributed by atoms with E-state index in [9.17, 15) is 9.59 Å². The monoisotopic (exact) mass is 435 g/mol. The molecule has 4 aromatic rings. The van der Waals surface area contributed by atoms with Crippen LogP contribution in [-0.2, 0) is 19.9 Å². The van der Waals surface area contributed by atoms with Crippen LogP contribution in [0.1, 0.15) is 17.0 Å². The van der Waals surface area contributed by atoms with Crippen molar-refractivity contribution in [2.45, 2.75) is 12.8 Å². The Morgan fingerprint density at radius 2 is 1.77 bits per heavy atom. The van der Waals surface area contributed by atoms with E-state index in [-0.39, 0.29) is 0 Å². The van der Waals surface area contributed by atoms with Gasteiger partial charge < -0.3 is 4.90 Å². The van der Waals surface area contributed by atoms with Crippen LogP contribution in [0.15, 0.2) is 65.6 Å². The van der Waals surface area contributed by atoms with Crippen molar-refractivity contribution in [2.24, 2.45) is 7.05 Å². The van der Waals surface area contributed by atoms with Crippen molar-refractivity contribution < 1.29 is 4.79 Å². The average Bonchev–Trinajstić information content (AvgIpc) is 3.03. The fraction of sp³-hybridized carbons (Fsp3) is 0.217. The van der Waals surface area contributed by atoms with Gasteiger partial charge in [0.2, 0.25) is 0 Å². The maximum absolute atomic E-state index is 13.0. The lowest BCUT2D eigenvalue weighted by atomic mass is 10.1. The predicted molar refractivity (Wildman–Crippen MR) is 121 cm³/mol. The van der Waals surface area contributed by atoms with E-state index in [4.69, 9.17) is 11.6 Å². The van der Waals surface area contributed by atoms with Gasteiger partial charge in [-0.3, -0.25) is 4.57 Å². The average molecular weight is 436 g/mol. The van der Waals surface area contributed by atoms with Gasteiger partial charge in [0.05, 0.1) is 6.20 Å². The molecular weight excluding hydrogens is 414 g/mol. The minimum Gasteiger partial charge on any atom is -0.327 e. The van der Waals surface area contributed by atoms with Gasteiger partial charge >= 0.3 is 11.7 Å². The van der Waals surface area contributed by atoms with Crippen molar-refractivity contribution in [2.75, 3.05) is 13.6 Å². The molecule has 7 nitrogen and oxygen atoms in total. The number of aryl methyl sites for hydroxylation is 1. The molecule has 0 saturated carbocycles. The van der Waals surface area contributed by atoms with Gasteiger partial charge in [-0.05, 0) is 29.7 Å². The van der Waals surface area contributed by atoms with Gasteiger partial charge in [0.15, 0.2) is 5.65 Å². The molecular formula is C23H22ClN5O2. The fourth-order valence-corrected chi connectivity index (χ4v) is 3.54. The third kappa shape index (κ3) is 4.36. The van der Waals surface area contributed by atoms with Gasteiger partial charge in [-0.15, -0.1) is 0 Å². The van der Waals surface area contributed by atoms with E-state index < -0.39 is 11.7 Å². The smallest absolute Gasteiger partial charge is 0.327 e. The van der Waals surface area contributed by atoms with Crippen LogP contribution in [0, 0.1) is 0 Å². The Morgan fingerprint density at radius 3 is 2.48 bits per heavy atom. The summed E-state index contributed by atoms with van der Waals surface area (Å²) in [7, 11) is 3.29. The van der Waals surface area contributed by atoms with Crippen molar-refractivity contribution in [1.82, 2.24) is 24.0 Å². The molecule has 31 heavy (non-hydrogen) atoms. The van der Waals surface area contributed by atoms with Gasteiger partial charge in [0.25, 0.3) is 0 Å². The minimum atomic E-state index is -0.440. The quantitative estimate of drug-likeness (QED) is 0.480. The van der Waals surface area contributed by atoms with Gasteiger partial charge in [0, 0.05) is 32.1 Å². The summed E-state index contributed by atoms with van der Waals surface area (Å²) in [4.78, 5) is 36.3. The molecule has 0 fully saturated rings. The molecule has 158 valence electrons. The molecule has 0 unspecified atom stereocenters. The van der Waals surface area contributed by atoms with E-state index in [1.54, 1.807) is 20.3 Å². The summed E-state index contributed by atoms with van der Waals surface area (Å²) in [5.74, 6) is 0.593. The first kappa shape index (κ1) is 20.8. The lowest BCUT2D eigenvalue weighted by Gasteiger charge is -2.17. The highest BCUT2D eigenvalue weighted by Gasteiger charge is 2.21. The second-order valence-corrected chi connectivity index (χ2v) is 7.85.